The van der Waals surface area contributed by atoms with Crippen molar-refractivity contribution in [2.45, 2.75) is 19.3 Å². The van der Waals surface area contributed by atoms with Gasteiger partial charge in [-0.2, -0.15) is 0 Å². The van der Waals surface area contributed by atoms with Crippen molar-refractivity contribution < 1.29 is 5.11 Å². The standard InChI is InChI=1S/C8H18ClNO/c1-10(7-8-11)6-4-2-3-5-9/h11H,2-8H2,1H3. The van der Waals surface area contributed by atoms with Crippen LogP contribution in [0.3, 0.4) is 0 Å². The van der Waals surface area contributed by atoms with Crippen LogP contribution in [0.25, 0.3) is 0 Å². The molecular formula is C8H18ClNO. The van der Waals surface area contributed by atoms with Gasteiger partial charge in [-0.05, 0) is 26.4 Å². The minimum atomic E-state index is 0.256. The Bertz CT molecular complexity index is 80.5. The highest BCUT2D eigenvalue weighted by molar-refractivity contribution is 6.17. The zero-order valence-corrected chi connectivity index (χ0v) is 7.98. The number of hydrogen-bond donors (Lipinski definition) is 1. The second-order valence-electron chi connectivity index (χ2n) is 2.78. The van der Waals surface area contributed by atoms with Gasteiger partial charge in [0, 0.05) is 12.4 Å². The van der Waals surface area contributed by atoms with Gasteiger partial charge in [0.05, 0.1) is 6.61 Å². The Morgan fingerprint density at radius 3 is 2.45 bits per heavy atom. The Balaban J connectivity index is 2.97. The van der Waals surface area contributed by atoms with Crippen molar-refractivity contribution in [1.82, 2.24) is 4.90 Å². The molecule has 68 valence electrons. The molecule has 1 N–H and O–H groups in total. The van der Waals surface area contributed by atoms with Gasteiger partial charge < -0.3 is 10.0 Å². The fourth-order valence-corrected chi connectivity index (χ4v) is 1.12. The molecule has 0 heterocycles. The minimum Gasteiger partial charge on any atom is -0.395 e. The van der Waals surface area contributed by atoms with E-state index in [0.29, 0.717) is 0 Å². The summed E-state index contributed by atoms with van der Waals surface area (Å²) in [6, 6.07) is 0. The second kappa shape index (κ2) is 8.31. The molecule has 0 aromatic carbocycles. The van der Waals surface area contributed by atoms with E-state index in [4.69, 9.17) is 16.7 Å². The molecule has 0 aliphatic heterocycles. The predicted octanol–water partition coefficient (Wildman–Crippen LogP) is 1.32. The first-order valence-electron chi connectivity index (χ1n) is 4.16. The molecule has 0 amide bonds. The van der Waals surface area contributed by atoms with Crippen LogP contribution in [-0.4, -0.2) is 42.6 Å². The van der Waals surface area contributed by atoms with Crippen molar-refractivity contribution in [3.8, 4) is 0 Å². The van der Waals surface area contributed by atoms with Gasteiger partial charge in [-0.25, -0.2) is 0 Å². The highest BCUT2D eigenvalue weighted by atomic mass is 35.5. The molecule has 0 unspecified atom stereocenters. The van der Waals surface area contributed by atoms with Crippen molar-refractivity contribution >= 4 is 11.6 Å². The fourth-order valence-electron chi connectivity index (χ4n) is 0.936. The van der Waals surface area contributed by atoms with Crippen molar-refractivity contribution in [2.75, 3.05) is 32.6 Å². The largest absolute Gasteiger partial charge is 0.395 e. The van der Waals surface area contributed by atoms with Gasteiger partial charge in [0.1, 0.15) is 0 Å². The third-order valence-electron chi connectivity index (χ3n) is 1.66. The molecule has 0 aliphatic carbocycles. The lowest BCUT2D eigenvalue weighted by molar-refractivity contribution is 0.219. The van der Waals surface area contributed by atoms with Crippen LogP contribution >= 0.6 is 11.6 Å². The first-order chi connectivity index (χ1) is 5.31. The van der Waals surface area contributed by atoms with Crippen molar-refractivity contribution in [3.63, 3.8) is 0 Å². The van der Waals surface area contributed by atoms with Crippen LogP contribution in [0.1, 0.15) is 19.3 Å². The highest BCUT2D eigenvalue weighted by Crippen LogP contribution is 1.98. The van der Waals surface area contributed by atoms with Gasteiger partial charge in [-0.3, -0.25) is 0 Å². The zero-order valence-electron chi connectivity index (χ0n) is 7.22. The zero-order chi connectivity index (χ0) is 8.53. The van der Waals surface area contributed by atoms with Crippen molar-refractivity contribution in [3.05, 3.63) is 0 Å². The van der Waals surface area contributed by atoms with Crippen molar-refractivity contribution in [1.29, 1.82) is 0 Å². The number of likely N-dealkylation sites (N-methyl/N-ethyl adjacent to an activating group) is 1. The van der Waals surface area contributed by atoms with E-state index in [0.717, 1.165) is 25.4 Å². The molecule has 0 rings (SSSR count). The molecule has 0 saturated carbocycles. The number of aliphatic hydroxyl groups excluding tert-OH is 1. The number of aliphatic hydroxyl groups is 1. The lowest BCUT2D eigenvalue weighted by Crippen LogP contribution is -2.23. The summed E-state index contributed by atoms with van der Waals surface area (Å²) >= 11 is 5.52. The van der Waals surface area contributed by atoms with Crippen LogP contribution in [-0.2, 0) is 0 Å². The first-order valence-corrected chi connectivity index (χ1v) is 4.70. The Morgan fingerprint density at radius 2 is 1.91 bits per heavy atom. The highest BCUT2D eigenvalue weighted by Gasteiger charge is 1.95. The molecule has 0 aromatic heterocycles. The van der Waals surface area contributed by atoms with Crippen LogP contribution in [0, 0.1) is 0 Å². The van der Waals surface area contributed by atoms with Gasteiger partial charge in [-0.1, -0.05) is 6.42 Å². The third kappa shape index (κ3) is 8.11. The first kappa shape index (κ1) is 11.2. The molecule has 0 spiro atoms. The maximum atomic E-state index is 8.58. The molecule has 0 saturated heterocycles. The molecule has 0 aliphatic rings. The normalized spacial score (nSPS) is 10.9. The Kier molecular flexibility index (Phi) is 8.47. The lowest BCUT2D eigenvalue weighted by atomic mass is 10.2. The van der Waals surface area contributed by atoms with Gasteiger partial charge >= 0.3 is 0 Å². The molecule has 3 heteroatoms. The summed E-state index contributed by atoms with van der Waals surface area (Å²) in [6.07, 6.45) is 3.48. The van der Waals surface area contributed by atoms with Crippen LogP contribution in [0.15, 0.2) is 0 Å². The molecule has 0 radical (unpaired) electrons. The van der Waals surface area contributed by atoms with E-state index in [2.05, 4.69) is 4.90 Å². The predicted molar refractivity (Wildman–Crippen MR) is 49.2 cm³/mol. The van der Waals surface area contributed by atoms with Gasteiger partial charge in [0.2, 0.25) is 0 Å². The van der Waals surface area contributed by atoms with Crippen LogP contribution in [0.2, 0.25) is 0 Å². The number of alkyl halides is 1. The van der Waals surface area contributed by atoms with Crippen molar-refractivity contribution in [2.24, 2.45) is 0 Å². The summed E-state index contributed by atoms with van der Waals surface area (Å²) in [5.74, 6) is 0.768. The monoisotopic (exact) mass is 179 g/mol. The average molecular weight is 180 g/mol. The van der Waals surface area contributed by atoms with Crippen LogP contribution in [0.5, 0.6) is 0 Å². The van der Waals surface area contributed by atoms with E-state index in [-0.39, 0.29) is 6.61 Å². The second-order valence-corrected chi connectivity index (χ2v) is 3.15. The topological polar surface area (TPSA) is 23.5 Å². The van der Waals surface area contributed by atoms with E-state index in [1.165, 1.54) is 12.8 Å². The number of nitrogens with zero attached hydrogens (tertiary/aromatic N) is 1. The fraction of sp³-hybridized carbons (Fsp3) is 1.00. The summed E-state index contributed by atoms with van der Waals surface area (Å²) in [6.45, 7) is 2.10. The molecule has 11 heavy (non-hydrogen) atoms. The lowest BCUT2D eigenvalue weighted by Gasteiger charge is -2.13. The SMILES string of the molecule is CN(CCO)CCCCCCl. The van der Waals surface area contributed by atoms with E-state index >= 15 is 0 Å². The Hall–Kier alpha value is 0.210. The summed E-state index contributed by atoms with van der Waals surface area (Å²) in [4.78, 5) is 2.13. The third-order valence-corrected chi connectivity index (χ3v) is 1.92. The number of halogens is 1. The molecule has 0 bridgehead atoms. The smallest absolute Gasteiger partial charge is 0.0558 e. The van der Waals surface area contributed by atoms with Gasteiger partial charge in [0.25, 0.3) is 0 Å². The Labute approximate surface area is 74.2 Å². The van der Waals surface area contributed by atoms with Gasteiger partial charge in [-0.15, -0.1) is 11.6 Å². The summed E-state index contributed by atoms with van der Waals surface area (Å²) in [5.41, 5.74) is 0. The Morgan fingerprint density at radius 1 is 1.18 bits per heavy atom. The average Bonchev–Trinajstić information content (AvgIpc) is 1.99. The maximum Gasteiger partial charge on any atom is 0.0558 e. The molecule has 0 fully saturated rings. The van der Waals surface area contributed by atoms with E-state index in [9.17, 15) is 0 Å². The number of unbranched alkanes of at least 4 members (excludes halogenated alkanes) is 2. The van der Waals surface area contributed by atoms with Gasteiger partial charge in [0.15, 0.2) is 0 Å². The van der Waals surface area contributed by atoms with E-state index < -0.39 is 0 Å². The van der Waals surface area contributed by atoms with E-state index in [1.807, 2.05) is 7.05 Å². The number of hydrogen-bond acceptors (Lipinski definition) is 2. The summed E-state index contributed by atoms with van der Waals surface area (Å²) < 4.78 is 0. The minimum absolute atomic E-state index is 0.256. The number of rotatable bonds is 7. The van der Waals surface area contributed by atoms with Crippen LogP contribution < -0.4 is 0 Å². The molecular weight excluding hydrogens is 162 g/mol. The summed E-state index contributed by atoms with van der Waals surface area (Å²) in [5, 5.41) is 8.58. The van der Waals surface area contributed by atoms with Crippen LogP contribution in [0.4, 0.5) is 0 Å². The summed E-state index contributed by atoms with van der Waals surface area (Å²) in [7, 11) is 2.02. The molecule has 0 aromatic rings. The molecule has 2 nitrogen and oxygen atoms in total. The van der Waals surface area contributed by atoms with E-state index in [1.54, 1.807) is 0 Å². The quantitative estimate of drug-likeness (QED) is 0.471. The maximum absolute atomic E-state index is 8.58. The molecule has 0 atom stereocenters.